The first-order chi connectivity index (χ1) is 30.0. The Bertz CT molecular complexity index is 2680. The van der Waals surface area contributed by atoms with Crippen LogP contribution in [0.25, 0.3) is 22.3 Å². The Morgan fingerprint density at radius 2 is 0.885 bits per heavy atom. The highest BCUT2D eigenvalue weighted by Crippen LogP contribution is 2.65. The Morgan fingerprint density at radius 1 is 0.410 bits per heavy atom. The van der Waals surface area contributed by atoms with Gasteiger partial charge in [-0.05, 0) is 140 Å². The van der Waals surface area contributed by atoms with E-state index in [1.807, 2.05) is 0 Å². The van der Waals surface area contributed by atoms with Crippen molar-refractivity contribution in [2.45, 2.75) is 44.9 Å². The molecule has 0 saturated heterocycles. The Morgan fingerprint density at radius 3 is 1.49 bits per heavy atom. The summed E-state index contributed by atoms with van der Waals surface area (Å²) in [5.41, 5.74) is 12.1. The lowest BCUT2D eigenvalue weighted by molar-refractivity contribution is 0.0426. The Balaban J connectivity index is 0.987. The Labute approximate surface area is 363 Å². The molecule has 0 N–H and O–H groups in total. The molecule has 1 unspecified atom stereocenters. The predicted molar refractivity (Wildman–Crippen MR) is 260 cm³/mol. The van der Waals surface area contributed by atoms with E-state index in [2.05, 4.69) is 231 Å². The number of rotatable bonds is 8. The molecule has 61 heavy (non-hydrogen) atoms. The molecule has 3 aliphatic rings. The largest absolute Gasteiger partial charge is 0.310 e. The van der Waals surface area contributed by atoms with Crippen molar-refractivity contribution in [3.8, 4) is 22.3 Å². The number of hydrogen-bond acceptors (Lipinski definition) is 1. The molecule has 3 aliphatic carbocycles. The van der Waals surface area contributed by atoms with E-state index in [9.17, 15) is 0 Å². The van der Waals surface area contributed by atoms with Gasteiger partial charge in [-0.2, -0.15) is 0 Å². The lowest BCUT2D eigenvalue weighted by Gasteiger charge is -2.54. The van der Waals surface area contributed by atoms with Crippen molar-refractivity contribution in [3.63, 3.8) is 0 Å². The molecule has 11 rings (SSSR count). The minimum Gasteiger partial charge on any atom is -0.310 e. The van der Waals surface area contributed by atoms with Gasteiger partial charge in [-0.3, -0.25) is 0 Å². The van der Waals surface area contributed by atoms with Gasteiger partial charge in [0.25, 0.3) is 0 Å². The van der Waals surface area contributed by atoms with E-state index >= 15 is 0 Å². The van der Waals surface area contributed by atoms with Gasteiger partial charge >= 0.3 is 0 Å². The summed E-state index contributed by atoms with van der Waals surface area (Å²) in [7, 11) is -2.59. The summed E-state index contributed by atoms with van der Waals surface area (Å²) in [6.45, 7) is 5.08. The van der Waals surface area contributed by atoms with Gasteiger partial charge in [0.15, 0.2) is 8.07 Å². The predicted octanol–water partition coefficient (Wildman–Crippen LogP) is 12.6. The van der Waals surface area contributed by atoms with E-state index in [0.29, 0.717) is 11.8 Å². The molecule has 1 nitrogen and oxygen atoms in total. The molecule has 2 heteroatoms. The molecule has 0 radical (unpaired) electrons. The van der Waals surface area contributed by atoms with Gasteiger partial charge in [-0.1, -0.05) is 190 Å². The summed E-state index contributed by atoms with van der Waals surface area (Å²) in [6.07, 6.45) is 5.38. The second kappa shape index (κ2) is 15.4. The third-order valence-corrected chi connectivity index (χ3v) is 19.7. The first-order valence-electron chi connectivity index (χ1n) is 22.5. The highest BCUT2D eigenvalue weighted by atomic mass is 28.3. The highest BCUT2D eigenvalue weighted by Gasteiger charge is 2.56. The third kappa shape index (κ3) is 6.10. The fraction of sp³-hybridized carbons (Fsp3) is 0.186. The van der Waals surface area contributed by atoms with Gasteiger partial charge in [0.1, 0.15) is 0 Å². The number of para-hydroxylation sites is 1. The lowest BCUT2D eigenvalue weighted by Crippen LogP contribution is -2.74. The van der Waals surface area contributed by atoms with Gasteiger partial charge < -0.3 is 4.90 Å². The lowest BCUT2D eigenvalue weighted by atomic mass is 9.49. The zero-order valence-electron chi connectivity index (χ0n) is 35.3. The molecule has 298 valence electrons. The quantitative estimate of drug-likeness (QED) is 0.109. The van der Waals surface area contributed by atoms with Crippen LogP contribution >= 0.6 is 0 Å². The summed E-state index contributed by atoms with van der Waals surface area (Å²) in [5, 5.41) is 5.56. The average molecular weight is 804 g/mol. The Hall–Kier alpha value is -6.22. The normalized spacial score (nSPS) is 21.4. The van der Waals surface area contributed by atoms with Crippen LogP contribution in [-0.2, 0) is 5.41 Å². The highest BCUT2D eigenvalue weighted by molar-refractivity contribution is 7.19. The molecule has 2 saturated carbocycles. The van der Waals surface area contributed by atoms with Gasteiger partial charge in [0.05, 0.1) is 0 Å². The van der Waals surface area contributed by atoms with Crippen LogP contribution in [0.5, 0.6) is 0 Å². The van der Waals surface area contributed by atoms with Crippen molar-refractivity contribution < 1.29 is 0 Å². The van der Waals surface area contributed by atoms with Crippen LogP contribution in [0.2, 0.25) is 0 Å². The average Bonchev–Trinajstić information content (AvgIpc) is 3.61. The summed E-state index contributed by atoms with van der Waals surface area (Å²) in [6, 6.07) is 80.1. The summed E-state index contributed by atoms with van der Waals surface area (Å²) >= 11 is 0. The van der Waals surface area contributed by atoms with E-state index < -0.39 is 8.07 Å². The van der Waals surface area contributed by atoms with Crippen molar-refractivity contribution in [3.05, 3.63) is 223 Å². The molecule has 2 fully saturated rings. The van der Waals surface area contributed by atoms with E-state index in [4.69, 9.17) is 0 Å². The zero-order chi connectivity index (χ0) is 41.0. The van der Waals surface area contributed by atoms with Crippen LogP contribution in [0.1, 0.15) is 50.7 Å². The van der Waals surface area contributed by atoms with Crippen molar-refractivity contribution in [1.29, 1.82) is 0 Å². The van der Waals surface area contributed by atoms with Crippen molar-refractivity contribution >= 4 is 45.9 Å². The van der Waals surface area contributed by atoms with Gasteiger partial charge in [-0.15, -0.1) is 0 Å². The fourth-order valence-corrected chi connectivity index (χ4v) is 17.4. The van der Waals surface area contributed by atoms with Crippen LogP contribution in [0, 0.1) is 23.7 Å². The number of benzene rings is 8. The topological polar surface area (TPSA) is 3.24 Å². The van der Waals surface area contributed by atoms with Crippen LogP contribution in [0.4, 0.5) is 17.1 Å². The van der Waals surface area contributed by atoms with Crippen molar-refractivity contribution in [2.24, 2.45) is 23.7 Å². The fourth-order valence-electron chi connectivity index (χ4n) is 12.6. The monoisotopic (exact) mass is 803 g/mol. The molecule has 5 atom stereocenters. The zero-order valence-corrected chi connectivity index (χ0v) is 36.3. The van der Waals surface area contributed by atoms with Gasteiger partial charge in [0.2, 0.25) is 0 Å². The van der Waals surface area contributed by atoms with Crippen LogP contribution < -0.4 is 25.6 Å². The number of fused-ring (bicyclic) bond motifs is 8. The third-order valence-electron chi connectivity index (χ3n) is 14.9. The van der Waals surface area contributed by atoms with Gasteiger partial charge in [0, 0.05) is 22.5 Å². The first-order valence-corrected chi connectivity index (χ1v) is 24.5. The number of nitrogens with zero attached hydrogens (tertiary/aromatic N) is 1. The van der Waals surface area contributed by atoms with Crippen LogP contribution in [-0.4, -0.2) is 8.07 Å². The molecule has 0 heterocycles. The standard InChI is InChI=1S/C59H53NSi/c1-42-37-44-39-43(2)59(47(38-42)40-44)57-26-16-15-25-55(57)56-36-33-50(41-58(56)59)60(48-17-7-3-8-18-48)49-31-27-45(28-32-49)46-29-34-54(35-30-46)61(51-19-9-4-10-20-51,52-21-11-5-12-22-52)53-23-13-6-14-24-53/h3-36,41-44,47H,37-40H2,1-2H3/t42-,43+,44-,47-,59?/m0/s1. The minimum atomic E-state index is -2.59. The molecule has 1 spiro atoms. The molecule has 2 bridgehead atoms. The maximum absolute atomic E-state index is 2.59. The molecule has 8 aromatic carbocycles. The van der Waals surface area contributed by atoms with Crippen molar-refractivity contribution in [2.75, 3.05) is 4.90 Å². The van der Waals surface area contributed by atoms with Crippen LogP contribution in [0.3, 0.4) is 0 Å². The van der Waals surface area contributed by atoms with E-state index in [1.54, 1.807) is 11.1 Å². The summed E-state index contributed by atoms with van der Waals surface area (Å²) in [4.78, 5) is 2.48. The maximum Gasteiger partial charge on any atom is 0.179 e. The second-order valence-corrected chi connectivity index (χ2v) is 22.1. The second-order valence-electron chi connectivity index (χ2n) is 18.3. The number of hydrogen-bond donors (Lipinski definition) is 0. The molecule has 0 aliphatic heterocycles. The maximum atomic E-state index is 2.59. The SMILES string of the molecule is C[C@H]1C[C@@H]2C[C@H](C1)C1(c3ccccc3-c3ccc(N(c4ccccc4)c4ccc(-c5ccc([Si](c6ccccc6)(c6ccccc6)c6ccccc6)cc5)cc4)cc31)[C@H](C)C2. The van der Waals surface area contributed by atoms with E-state index in [1.165, 1.54) is 85.7 Å². The van der Waals surface area contributed by atoms with Gasteiger partial charge in [-0.25, -0.2) is 0 Å². The number of anilines is 3. The molecule has 8 aromatic rings. The first kappa shape index (κ1) is 37.8. The molecule has 0 aromatic heterocycles. The van der Waals surface area contributed by atoms with Crippen molar-refractivity contribution in [1.82, 2.24) is 0 Å². The molecule has 0 amide bonds. The smallest absolute Gasteiger partial charge is 0.179 e. The minimum absolute atomic E-state index is 0.0491. The van der Waals surface area contributed by atoms with E-state index in [0.717, 1.165) is 11.8 Å². The van der Waals surface area contributed by atoms with E-state index in [-0.39, 0.29) is 5.41 Å². The summed E-state index contributed by atoms with van der Waals surface area (Å²) < 4.78 is 0. The molecular formula is C59H53NSi. The Kier molecular flexibility index (Phi) is 9.50. The van der Waals surface area contributed by atoms with Crippen LogP contribution in [0.15, 0.2) is 212 Å². The summed E-state index contributed by atoms with van der Waals surface area (Å²) in [5.74, 6) is 2.90. The molecular weight excluding hydrogens is 751 g/mol.